The zero-order valence-electron chi connectivity index (χ0n) is 8.60. The van der Waals surface area contributed by atoms with Crippen LogP contribution in [-0.4, -0.2) is 18.5 Å². The molecule has 1 aromatic rings. The summed E-state index contributed by atoms with van der Waals surface area (Å²) in [4.78, 5) is 15.6. The number of hydrogen-bond acceptors (Lipinski definition) is 2. The predicted molar refractivity (Wildman–Crippen MR) is 59.0 cm³/mol. The van der Waals surface area contributed by atoms with E-state index in [-0.39, 0.29) is 12.3 Å². The summed E-state index contributed by atoms with van der Waals surface area (Å²) >= 11 is 0. The Labute approximate surface area is 84.7 Å². The van der Waals surface area contributed by atoms with Gasteiger partial charge in [0, 0.05) is 11.8 Å². The fraction of sp³-hybridized carbons (Fsp3) is 0.333. The molecule has 0 spiro atoms. The van der Waals surface area contributed by atoms with Crippen molar-refractivity contribution in [1.82, 2.24) is 0 Å². The van der Waals surface area contributed by atoms with Crippen LogP contribution in [0.5, 0.6) is 0 Å². The first-order valence-electron chi connectivity index (χ1n) is 4.78. The molecule has 0 N–H and O–H groups in total. The van der Waals surface area contributed by atoms with Gasteiger partial charge >= 0.3 is 0 Å². The van der Waals surface area contributed by atoms with Crippen molar-refractivity contribution in [3.05, 3.63) is 35.9 Å². The highest BCUT2D eigenvalue weighted by Crippen LogP contribution is 2.00. The molecule has 0 heterocycles. The molecule has 0 amide bonds. The molecule has 0 aliphatic rings. The molecule has 0 bridgehead atoms. The standard InChI is InChI=1S/C12H15NO/c1-10(2)8-13-9-12(14)11-6-4-3-5-7-11/h3-8,10H,9H2,1-2H3. The Hall–Kier alpha value is -1.44. The Morgan fingerprint density at radius 3 is 2.57 bits per heavy atom. The number of hydrogen-bond donors (Lipinski definition) is 0. The maximum Gasteiger partial charge on any atom is 0.184 e. The van der Waals surface area contributed by atoms with E-state index in [2.05, 4.69) is 4.99 Å². The maximum absolute atomic E-state index is 11.5. The summed E-state index contributed by atoms with van der Waals surface area (Å²) in [5.41, 5.74) is 0.730. The number of Topliss-reactive ketones (excluding diaryl/α,β-unsaturated/α-hetero) is 1. The van der Waals surface area contributed by atoms with Crippen molar-refractivity contribution in [2.75, 3.05) is 6.54 Å². The number of aliphatic imine (C=N–C) groups is 1. The molecule has 0 saturated heterocycles. The number of benzene rings is 1. The van der Waals surface area contributed by atoms with E-state index < -0.39 is 0 Å². The monoisotopic (exact) mass is 189 g/mol. The molecule has 0 radical (unpaired) electrons. The minimum absolute atomic E-state index is 0.0718. The van der Waals surface area contributed by atoms with Gasteiger partial charge in [0.15, 0.2) is 5.78 Å². The van der Waals surface area contributed by atoms with E-state index in [1.54, 1.807) is 6.21 Å². The summed E-state index contributed by atoms with van der Waals surface area (Å²) in [7, 11) is 0. The minimum atomic E-state index is 0.0718. The molecule has 0 fully saturated rings. The van der Waals surface area contributed by atoms with Crippen LogP contribution in [0.4, 0.5) is 0 Å². The minimum Gasteiger partial charge on any atom is -0.292 e. The fourth-order valence-corrected chi connectivity index (χ4v) is 1.06. The van der Waals surface area contributed by atoms with Gasteiger partial charge in [-0.05, 0) is 5.92 Å². The summed E-state index contributed by atoms with van der Waals surface area (Å²) in [6.45, 7) is 4.33. The number of ketones is 1. The molecule has 14 heavy (non-hydrogen) atoms. The van der Waals surface area contributed by atoms with E-state index in [1.165, 1.54) is 0 Å². The van der Waals surface area contributed by atoms with E-state index in [1.807, 2.05) is 44.2 Å². The van der Waals surface area contributed by atoms with Gasteiger partial charge in [-0.1, -0.05) is 44.2 Å². The van der Waals surface area contributed by atoms with Crippen LogP contribution in [0.2, 0.25) is 0 Å². The zero-order chi connectivity index (χ0) is 10.4. The van der Waals surface area contributed by atoms with E-state index in [0.717, 1.165) is 5.56 Å². The van der Waals surface area contributed by atoms with Crippen molar-refractivity contribution < 1.29 is 4.79 Å². The van der Waals surface area contributed by atoms with Crippen molar-refractivity contribution in [2.45, 2.75) is 13.8 Å². The SMILES string of the molecule is CC(C)C=NCC(=O)c1ccccc1. The van der Waals surface area contributed by atoms with Gasteiger partial charge in [-0.15, -0.1) is 0 Å². The Bertz CT molecular complexity index is 314. The van der Waals surface area contributed by atoms with Crippen LogP contribution in [-0.2, 0) is 0 Å². The lowest BCUT2D eigenvalue weighted by Crippen LogP contribution is -2.03. The smallest absolute Gasteiger partial charge is 0.184 e. The van der Waals surface area contributed by atoms with Gasteiger partial charge in [0.05, 0.1) is 0 Å². The Morgan fingerprint density at radius 2 is 2.00 bits per heavy atom. The number of nitrogens with zero attached hydrogens (tertiary/aromatic N) is 1. The zero-order valence-corrected chi connectivity index (χ0v) is 8.60. The molecule has 74 valence electrons. The highest BCUT2D eigenvalue weighted by molar-refractivity contribution is 5.98. The Morgan fingerprint density at radius 1 is 1.36 bits per heavy atom. The van der Waals surface area contributed by atoms with Crippen LogP contribution in [0.3, 0.4) is 0 Å². The maximum atomic E-state index is 11.5. The van der Waals surface area contributed by atoms with Crippen LogP contribution >= 0.6 is 0 Å². The van der Waals surface area contributed by atoms with Crippen molar-refractivity contribution >= 4 is 12.0 Å². The van der Waals surface area contributed by atoms with Gasteiger partial charge in [-0.3, -0.25) is 9.79 Å². The van der Waals surface area contributed by atoms with E-state index >= 15 is 0 Å². The Balaban J connectivity index is 2.52. The molecule has 0 aromatic heterocycles. The second kappa shape index (κ2) is 5.32. The molecule has 2 nitrogen and oxygen atoms in total. The van der Waals surface area contributed by atoms with Gasteiger partial charge in [-0.25, -0.2) is 0 Å². The van der Waals surface area contributed by atoms with E-state index in [9.17, 15) is 4.79 Å². The summed E-state index contributed by atoms with van der Waals surface area (Å²) in [5, 5.41) is 0. The van der Waals surface area contributed by atoms with Crippen molar-refractivity contribution in [1.29, 1.82) is 0 Å². The lowest BCUT2D eigenvalue weighted by Gasteiger charge is -1.97. The van der Waals surface area contributed by atoms with Gasteiger partial charge in [0.1, 0.15) is 6.54 Å². The average Bonchev–Trinajstić information content (AvgIpc) is 2.18. The number of carbonyl (C=O) groups is 1. The first kappa shape index (κ1) is 10.6. The molecule has 0 aliphatic carbocycles. The summed E-state index contributed by atoms with van der Waals surface area (Å²) in [5.74, 6) is 0.473. The fourth-order valence-electron chi connectivity index (χ4n) is 1.06. The second-order valence-corrected chi connectivity index (χ2v) is 3.52. The van der Waals surface area contributed by atoms with Crippen LogP contribution in [0.15, 0.2) is 35.3 Å². The quantitative estimate of drug-likeness (QED) is 0.528. The third-order valence-corrected chi connectivity index (χ3v) is 1.73. The van der Waals surface area contributed by atoms with Crippen molar-refractivity contribution in [2.24, 2.45) is 10.9 Å². The van der Waals surface area contributed by atoms with Gasteiger partial charge in [0.2, 0.25) is 0 Å². The molecule has 0 saturated carbocycles. The van der Waals surface area contributed by atoms with Gasteiger partial charge in [-0.2, -0.15) is 0 Å². The second-order valence-electron chi connectivity index (χ2n) is 3.52. The van der Waals surface area contributed by atoms with Crippen molar-refractivity contribution in [3.8, 4) is 0 Å². The largest absolute Gasteiger partial charge is 0.292 e. The van der Waals surface area contributed by atoms with Crippen LogP contribution in [0.1, 0.15) is 24.2 Å². The van der Waals surface area contributed by atoms with E-state index in [0.29, 0.717) is 5.92 Å². The number of carbonyl (C=O) groups excluding carboxylic acids is 1. The average molecular weight is 189 g/mol. The summed E-state index contributed by atoms with van der Waals surface area (Å²) in [6, 6.07) is 9.24. The first-order chi connectivity index (χ1) is 6.70. The molecule has 2 heteroatoms. The van der Waals surface area contributed by atoms with Crippen LogP contribution < -0.4 is 0 Å². The molecule has 0 atom stereocenters. The third kappa shape index (κ3) is 3.52. The molecule has 0 unspecified atom stereocenters. The summed E-state index contributed by atoms with van der Waals surface area (Å²) in [6.07, 6.45) is 1.81. The topological polar surface area (TPSA) is 29.4 Å². The van der Waals surface area contributed by atoms with E-state index in [4.69, 9.17) is 0 Å². The molecule has 1 aromatic carbocycles. The normalized spacial score (nSPS) is 11.1. The lowest BCUT2D eigenvalue weighted by molar-refractivity contribution is 0.100. The Kier molecular flexibility index (Phi) is 4.05. The van der Waals surface area contributed by atoms with Crippen LogP contribution in [0.25, 0.3) is 0 Å². The molecule has 1 rings (SSSR count). The van der Waals surface area contributed by atoms with Gasteiger partial charge < -0.3 is 0 Å². The molecular formula is C12H15NO. The highest BCUT2D eigenvalue weighted by atomic mass is 16.1. The third-order valence-electron chi connectivity index (χ3n) is 1.73. The van der Waals surface area contributed by atoms with Crippen LogP contribution in [0, 0.1) is 5.92 Å². The predicted octanol–water partition coefficient (Wildman–Crippen LogP) is 2.60. The van der Waals surface area contributed by atoms with Gasteiger partial charge in [0.25, 0.3) is 0 Å². The molecule has 0 aliphatic heterocycles. The highest BCUT2D eigenvalue weighted by Gasteiger charge is 2.01. The molecular weight excluding hydrogens is 174 g/mol. The summed E-state index contributed by atoms with van der Waals surface area (Å²) < 4.78 is 0. The van der Waals surface area contributed by atoms with Crippen molar-refractivity contribution in [3.63, 3.8) is 0 Å². The lowest BCUT2D eigenvalue weighted by atomic mass is 10.1. The first-order valence-corrected chi connectivity index (χ1v) is 4.78. The number of rotatable bonds is 4.